The Morgan fingerprint density at radius 3 is 2.45 bits per heavy atom. The number of para-hydroxylation sites is 1. The van der Waals surface area contributed by atoms with E-state index in [4.69, 9.17) is 15.0 Å². The van der Waals surface area contributed by atoms with Crippen molar-refractivity contribution < 1.29 is 9.15 Å². The molecule has 0 amide bonds. The van der Waals surface area contributed by atoms with Crippen LogP contribution >= 0.6 is 0 Å². The molecule has 2 aromatic rings. The van der Waals surface area contributed by atoms with Crippen LogP contribution in [0, 0.1) is 20.8 Å². The van der Waals surface area contributed by atoms with Crippen LogP contribution in [0.15, 0.2) is 28.7 Å². The van der Waals surface area contributed by atoms with Gasteiger partial charge in [0.2, 0.25) is 0 Å². The Hall–Kier alpha value is -1.78. The van der Waals surface area contributed by atoms with E-state index in [1.54, 1.807) is 7.11 Å². The zero-order valence-corrected chi connectivity index (χ0v) is 12.5. The van der Waals surface area contributed by atoms with Gasteiger partial charge in [0.15, 0.2) is 0 Å². The zero-order chi connectivity index (χ0) is 14.7. The maximum absolute atomic E-state index is 5.76. The fourth-order valence-electron chi connectivity index (χ4n) is 2.66. The quantitative estimate of drug-likeness (QED) is 0.650. The Bertz CT molecular complexity index is 590. The van der Waals surface area contributed by atoms with E-state index in [0.29, 0.717) is 0 Å². The number of hydrogen-bond donors (Lipinski definition) is 2. The minimum Gasteiger partial charge on any atom is -0.496 e. The summed E-state index contributed by atoms with van der Waals surface area (Å²) in [5, 5.41) is 0. The van der Waals surface area contributed by atoms with Gasteiger partial charge in [0.05, 0.1) is 13.2 Å². The molecule has 0 saturated heterocycles. The van der Waals surface area contributed by atoms with Crippen molar-refractivity contribution >= 4 is 0 Å². The normalized spacial score (nSPS) is 12.4. The van der Waals surface area contributed by atoms with Crippen LogP contribution in [0.25, 0.3) is 0 Å². The van der Waals surface area contributed by atoms with Crippen molar-refractivity contribution in [2.75, 3.05) is 7.11 Å². The summed E-state index contributed by atoms with van der Waals surface area (Å²) >= 11 is 0. The molecular formula is C16H22N2O2. The van der Waals surface area contributed by atoms with Gasteiger partial charge in [-0.25, -0.2) is 0 Å². The van der Waals surface area contributed by atoms with Crippen molar-refractivity contribution in [2.45, 2.75) is 33.2 Å². The van der Waals surface area contributed by atoms with E-state index in [1.807, 2.05) is 32.0 Å². The monoisotopic (exact) mass is 274 g/mol. The third-order valence-electron chi connectivity index (χ3n) is 3.78. The molecule has 20 heavy (non-hydrogen) atoms. The van der Waals surface area contributed by atoms with Crippen molar-refractivity contribution in [3.8, 4) is 5.75 Å². The van der Waals surface area contributed by atoms with E-state index in [9.17, 15) is 0 Å². The Labute approximate surface area is 119 Å². The van der Waals surface area contributed by atoms with Crippen molar-refractivity contribution in [3.63, 3.8) is 0 Å². The first-order valence-corrected chi connectivity index (χ1v) is 6.73. The smallest absolute Gasteiger partial charge is 0.122 e. The summed E-state index contributed by atoms with van der Waals surface area (Å²) in [7, 11) is 1.68. The van der Waals surface area contributed by atoms with Crippen molar-refractivity contribution in [2.24, 2.45) is 5.84 Å². The number of rotatable bonds is 5. The van der Waals surface area contributed by atoms with Crippen LogP contribution in [0.4, 0.5) is 0 Å². The summed E-state index contributed by atoms with van der Waals surface area (Å²) in [6.45, 7) is 6.01. The second-order valence-corrected chi connectivity index (χ2v) is 4.99. The summed E-state index contributed by atoms with van der Waals surface area (Å²) in [5.74, 6) is 8.49. The molecule has 1 atom stereocenters. The third-order valence-corrected chi connectivity index (χ3v) is 3.78. The van der Waals surface area contributed by atoms with Gasteiger partial charge in [-0.05, 0) is 44.4 Å². The number of ether oxygens (including phenoxy) is 1. The molecule has 0 spiro atoms. The van der Waals surface area contributed by atoms with Crippen LogP contribution in [-0.2, 0) is 6.42 Å². The van der Waals surface area contributed by atoms with Gasteiger partial charge in [-0.2, -0.15) is 0 Å². The van der Waals surface area contributed by atoms with Gasteiger partial charge < -0.3 is 9.15 Å². The van der Waals surface area contributed by atoms with Crippen LogP contribution in [0.3, 0.4) is 0 Å². The van der Waals surface area contributed by atoms with E-state index >= 15 is 0 Å². The van der Waals surface area contributed by atoms with Crippen molar-refractivity contribution in [1.82, 2.24) is 5.43 Å². The number of aryl methyl sites for hydroxylation is 2. The van der Waals surface area contributed by atoms with Gasteiger partial charge in [-0.15, -0.1) is 0 Å². The van der Waals surface area contributed by atoms with Crippen LogP contribution in [0.2, 0.25) is 0 Å². The molecule has 1 heterocycles. The molecular weight excluding hydrogens is 252 g/mol. The van der Waals surface area contributed by atoms with Gasteiger partial charge in [-0.3, -0.25) is 11.3 Å². The van der Waals surface area contributed by atoms with Crippen LogP contribution in [0.5, 0.6) is 5.75 Å². The standard InChI is InChI=1S/C16H22N2O2/c1-10-11(2)20-12(3)16(10)14(18-17)9-13-7-5-6-8-15(13)19-4/h5-8,14,18H,9,17H2,1-4H3. The number of hydrazine groups is 1. The van der Waals surface area contributed by atoms with Crippen LogP contribution in [0.1, 0.15) is 34.3 Å². The Morgan fingerprint density at radius 2 is 1.90 bits per heavy atom. The number of nitrogens with one attached hydrogen (secondary N) is 1. The lowest BCUT2D eigenvalue weighted by Gasteiger charge is -2.18. The average molecular weight is 274 g/mol. The molecule has 1 unspecified atom stereocenters. The predicted molar refractivity (Wildman–Crippen MR) is 79.7 cm³/mol. The number of furan rings is 1. The number of benzene rings is 1. The molecule has 0 radical (unpaired) electrons. The molecule has 1 aromatic carbocycles. The SMILES string of the molecule is COc1ccccc1CC(NN)c1c(C)oc(C)c1C. The Balaban J connectivity index is 2.34. The number of hydrogen-bond acceptors (Lipinski definition) is 4. The fourth-order valence-corrected chi connectivity index (χ4v) is 2.66. The molecule has 0 bridgehead atoms. The minimum atomic E-state index is 0.00347. The molecule has 0 aliphatic heterocycles. The molecule has 2 rings (SSSR count). The topological polar surface area (TPSA) is 60.4 Å². The molecule has 0 aliphatic carbocycles. The van der Waals surface area contributed by atoms with Crippen molar-refractivity contribution in [1.29, 1.82) is 0 Å². The number of methoxy groups -OCH3 is 1. The maximum atomic E-state index is 5.76. The highest BCUT2D eigenvalue weighted by atomic mass is 16.5. The Kier molecular flexibility index (Phi) is 4.47. The highest BCUT2D eigenvalue weighted by Gasteiger charge is 2.21. The molecule has 108 valence electrons. The minimum absolute atomic E-state index is 0.00347. The summed E-state index contributed by atoms with van der Waals surface area (Å²) in [6.07, 6.45) is 0.751. The van der Waals surface area contributed by atoms with E-state index < -0.39 is 0 Å². The lowest BCUT2D eigenvalue weighted by molar-refractivity contribution is 0.405. The van der Waals surface area contributed by atoms with E-state index in [0.717, 1.165) is 40.4 Å². The first-order valence-electron chi connectivity index (χ1n) is 6.73. The molecule has 4 heteroatoms. The van der Waals surface area contributed by atoms with E-state index in [2.05, 4.69) is 18.4 Å². The second kappa shape index (κ2) is 6.11. The highest BCUT2D eigenvalue weighted by molar-refractivity contribution is 5.39. The van der Waals surface area contributed by atoms with Gasteiger partial charge in [-0.1, -0.05) is 18.2 Å². The maximum Gasteiger partial charge on any atom is 0.122 e. The Morgan fingerprint density at radius 1 is 1.20 bits per heavy atom. The molecule has 0 aliphatic rings. The second-order valence-electron chi connectivity index (χ2n) is 4.99. The number of nitrogens with two attached hydrogens (primary N) is 1. The lowest BCUT2D eigenvalue weighted by atomic mass is 9.96. The molecule has 0 fully saturated rings. The van der Waals surface area contributed by atoms with E-state index in [-0.39, 0.29) is 6.04 Å². The van der Waals surface area contributed by atoms with Gasteiger partial charge in [0.1, 0.15) is 17.3 Å². The summed E-state index contributed by atoms with van der Waals surface area (Å²) in [4.78, 5) is 0. The molecule has 1 aromatic heterocycles. The summed E-state index contributed by atoms with van der Waals surface area (Å²) in [5.41, 5.74) is 6.31. The first-order chi connectivity index (χ1) is 9.58. The van der Waals surface area contributed by atoms with Crippen molar-refractivity contribution in [3.05, 3.63) is 52.5 Å². The average Bonchev–Trinajstić information content (AvgIpc) is 2.70. The zero-order valence-electron chi connectivity index (χ0n) is 12.5. The van der Waals surface area contributed by atoms with Crippen LogP contribution in [-0.4, -0.2) is 7.11 Å². The fraction of sp³-hybridized carbons (Fsp3) is 0.375. The third kappa shape index (κ3) is 2.71. The summed E-state index contributed by atoms with van der Waals surface area (Å²) < 4.78 is 11.1. The first kappa shape index (κ1) is 14.6. The molecule has 0 saturated carbocycles. The van der Waals surface area contributed by atoms with Crippen LogP contribution < -0.4 is 16.0 Å². The lowest BCUT2D eigenvalue weighted by Crippen LogP contribution is -2.30. The molecule has 4 nitrogen and oxygen atoms in total. The molecule has 3 N–H and O–H groups in total. The van der Waals surface area contributed by atoms with Gasteiger partial charge >= 0.3 is 0 Å². The van der Waals surface area contributed by atoms with E-state index in [1.165, 1.54) is 0 Å². The summed E-state index contributed by atoms with van der Waals surface area (Å²) in [6, 6.07) is 7.99. The highest BCUT2D eigenvalue weighted by Crippen LogP contribution is 2.31. The van der Waals surface area contributed by atoms with Gasteiger partial charge in [0.25, 0.3) is 0 Å². The predicted octanol–water partition coefficient (Wildman–Crippen LogP) is 2.96. The van der Waals surface area contributed by atoms with Gasteiger partial charge in [0, 0.05) is 5.56 Å². The largest absolute Gasteiger partial charge is 0.496 e.